The van der Waals surface area contributed by atoms with Crippen LogP contribution in [0.3, 0.4) is 0 Å². The highest BCUT2D eigenvalue weighted by Crippen LogP contribution is 2.11. The second-order valence-electron chi connectivity index (χ2n) is 4.11. The maximum absolute atomic E-state index is 11.4. The van der Waals surface area contributed by atoms with Crippen LogP contribution in [0.2, 0.25) is 0 Å². The zero-order valence-corrected chi connectivity index (χ0v) is 8.20. The molecule has 0 aromatic carbocycles. The number of rotatable bonds is 2. The third-order valence-electron chi connectivity index (χ3n) is 1.80. The van der Waals surface area contributed by atoms with Crippen LogP contribution in [0.15, 0.2) is 0 Å². The quantitative estimate of drug-likeness (QED) is 0.596. The number of imide groups is 1. The standard InChI is InChI=1S/C8H15N3O2/c1-8(2,9)5-11-6(12)4-10(3)7(11)13/h4-5,9H2,1-3H3. The van der Waals surface area contributed by atoms with E-state index in [9.17, 15) is 9.59 Å². The van der Waals surface area contributed by atoms with Gasteiger partial charge in [-0.25, -0.2) is 4.79 Å². The van der Waals surface area contributed by atoms with Crippen LogP contribution < -0.4 is 5.73 Å². The molecule has 1 saturated heterocycles. The Bertz CT molecular complexity index is 244. The monoisotopic (exact) mass is 185 g/mol. The Labute approximate surface area is 77.5 Å². The van der Waals surface area contributed by atoms with E-state index in [0.717, 1.165) is 0 Å². The molecule has 1 aliphatic heterocycles. The summed E-state index contributed by atoms with van der Waals surface area (Å²) in [6, 6.07) is -0.261. The molecular weight excluding hydrogens is 170 g/mol. The van der Waals surface area contributed by atoms with Crippen molar-refractivity contribution in [3.63, 3.8) is 0 Å². The molecule has 1 heterocycles. The number of carbonyl (C=O) groups excluding carboxylic acids is 2. The number of urea groups is 1. The Balaban J connectivity index is 2.70. The summed E-state index contributed by atoms with van der Waals surface area (Å²) in [5, 5.41) is 0. The average molecular weight is 185 g/mol. The van der Waals surface area contributed by atoms with Crippen molar-refractivity contribution in [2.75, 3.05) is 20.1 Å². The molecule has 0 bridgehead atoms. The van der Waals surface area contributed by atoms with Gasteiger partial charge in [0.25, 0.3) is 0 Å². The van der Waals surface area contributed by atoms with Gasteiger partial charge < -0.3 is 10.6 Å². The lowest BCUT2D eigenvalue weighted by Crippen LogP contribution is -2.47. The fourth-order valence-corrected chi connectivity index (χ4v) is 1.23. The first-order chi connectivity index (χ1) is 5.81. The Hall–Kier alpha value is -1.10. The van der Waals surface area contributed by atoms with E-state index in [2.05, 4.69) is 0 Å². The van der Waals surface area contributed by atoms with Crippen LogP contribution >= 0.6 is 0 Å². The molecule has 1 fully saturated rings. The molecule has 0 radical (unpaired) electrons. The van der Waals surface area contributed by atoms with Crippen molar-refractivity contribution in [1.29, 1.82) is 0 Å². The largest absolute Gasteiger partial charge is 0.327 e. The summed E-state index contributed by atoms with van der Waals surface area (Å²) >= 11 is 0. The average Bonchev–Trinajstić information content (AvgIpc) is 2.14. The summed E-state index contributed by atoms with van der Waals surface area (Å²) < 4.78 is 0. The molecule has 2 N–H and O–H groups in total. The van der Waals surface area contributed by atoms with Crippen LogP contribution in [0.4, 0.5) is 4.79 Å². The molecular formula is C8H15N3O2. The van der Waals surface area contributed by atoms with Crippen molar-refractivity contribution in [3.05, 3.63) is 0 Å². The van der Waals surface area contributed by atoms with Crippen molar-refractivity contribution in [3.8, 4) is 0 Å². The van der Waals surface area contributed by atoms with Crippen molar-refractivity contribution in [1.82, 2.24) is 9.80 Å². The lowest BCUT2D eigenvalue weighted by atomic mass is 10.1. The molecule has 74 valence electrons. The summed E-state index contributed by atoms with van der Waals surface area (Å²) in [6.07, 6.45) is 0. The van der Waals surface area contributed by atoms with E-state index in [4.69, 9.17) is 5.73 Å². The maximum Gasteiger partial charge on any atom is 0.327 e. The van der Waals surface area contributed by atoms with Gasteiger partial charge >= 0.3 is 6.03 Å². The Kier molecular flexibility index (Phi) is 2.30. The summed E-state index contributed by atoms with van der Waals surface area (Å²) in [5.74, 6) is -0.175. The predicted molar refractivity (Wildman–Crippen MR) is 48.0 cm³/mol. The first kappa shape index (κ1) is 9.98. The molecule has 0 saturated carbocycles. The molecule has 5 nitrogen and oxygen atoms in total. The second-order valence-corrected chi connectivity index (χ2v) is 4.11. The van der Waals surface area contributed by atoms with Crippen molar-refractivity contribution in [2.45, 2.75) is 19.4 Å². The third-order valence-corrected chi connectivity index (χ3v) is 1.80. The maximum atomic E-state index is 11.4. The number of likely N-dealkylation sites (N-methyl/N-ethyl adjacent to an activating group) is 1. The number of nitrogens with two attached hydrogens (primary N) is 1. The van der Waals surface area contributed by atoms with Gasteiger partial charge in [-0.15, -0.1) is 0 Å². The van der Waals surface area contributed by atoms with E-state index in [1.54, 1.807) is 20.9 Å². The van der Waals surface area contributed by atoms with Gasteiger partial charge in [-0.1, -0.05) is 0 Å². The highest BCUT2D eigenvalue weighted by molar-refractivity contribution is 6.01. The van der Waals surface area contributed by atoms with E-state index in [1.807, 2.05) is 0 Å². The molecule has 0 aliphatic carbocycles. The molecule has 13 heavy (non-hydrogen) atoms. The van der Waals surface area contributed by atoms with Gasteiger partial charge in [0.2, 0.25) is 5.91 Å². The van der Waals surface area contributed by atoms with Gasteiger partial charge in [-0.2, -0.15) is 0 Å². The molecule has 5 heteroatoms. The SMILES string of the molecule is CN1CC(=O)N(CC(C)(C)N)C1=O. The summed E-state index contributed by atoms with van der Waals surface area (Å²) in [4.78, 5) is 25.2. The number of hydrogen-bond donors (Lipinski definition) is 1. The van der Waals surface area contributed by atoms with Gasteiger partial charge in [-0.05, 0) is 13.8 Å². The second kappa shape index (κ2) is 2.99. The minimum absolute atomic E-state index is 0.162. The summed E-state index contributed by atoms with van der Waals surface area (Å²) in [7, 11) is 1.60. The topological polar surface area (TPSA) is 66.6 Å². The predicted octanol–water partition coefficient (Wildman–Crippen LogP) is -0.382. The van der Waals surface area contributed by atoms with Gasteiger partial charge in [0.15, 0.2) is 0 Å². The Morgan fingerprint density at radius 1 is 1.46 bits per heavy atom. The highest BCUT2D eigenvalue weighted by Gasteiger charge is 2.35. The molecule has 3 amide bonds. The zero-order valence-electron chi connectivity index (χ0n) is 8.20. The van der Waals surface area contributed by atoms with Crippen LogP contribution in [0, 0.1) is 0 Å². The molecule has 0 aromatic heterocycles. The van der Waals surface area contributed by atoms with Gasteiger partial charge in [0, 0.05) is 19.1 Å². The fraction of sp³-hybridized carbons (Fsp3) is 0.750. The molecule has 0 unspecified atom stereocenters. The smallest absolute Gasteiger partial charge is 0.324 e. The molecule has 0 aromatic rings. The minimum atomic E-state index is -0.531. The molecule has 1 rings (SSSR count). The van der Waals surface area contributed by atoms with Gasteiger partial charge in [-0.3, -0.25) is 9.69 Å². The van der Waals surface area contributed by atoms with E-state index in [0.29, 0.717) is 0 Å². The first-order valence-corrected chi connectivity index (χ1v) is 4.15. The van der Waals surface area contributed by atoms with Gasteiger partial charge in [0.05, 0.1) is 0 Å². The number of hydrogen-bond acceptors (Lipinski definition) is 3. The van der Waals surface area contributed by atoms with Crippen LogP contribution in [0.25, 0.3) is 0 Å². The van der Waals surface area contributed by atoms with Gasteiger partial charge in [0.1, 0.15) is 6.54 Å². The van der Waals surface area contributed by atoms with E-state index < -0.39 is 5.54 Å². The summed E-state index contributed by atoms with van der Waals surface area (Å²) in [6.45, 7) is 4.00. The number of nitrogens with zero attached hydrogens (tertiary/aromatic N) is 2. The fourth-order valence-electron chi connectivity index (χ4n) is 1.23. The zero-order chi connectivity index (χ0) is 10.2. The van der Waals surface area contributed by atoms with Crippen LogP contribution in [0.5, 0.6) is 0 Å². The van der Waals surface area contributed by atoms with Crippen LogP contribution in [-0.4, -0.2) is 47.4 Å². The number of carbonyl (C=O) groups is 2. The van der Waals surface area contributed by atoms with Crippen molar-refractivity contribution < 1.29 is 9.59 Å². The van der Waals surface area contributed by atoms with Crippen LogP contribution in [0.1, 0.15) is 13.8 Å². The Morgan fingerprint density at radius 2 is 2.00 bits per heavy atom. The molecule has 0 spiro atoms. The van der Waals surface area contributed by atoms with E-state index in [1.165, 1.54) is 9.80 Å². The first-order valence-electron chi connectivity index (χ1n) is 4.15. The highest BCUT2D eigenvalue weighted by atomic mass is 16.2. The van der Waals surface area contributed by atoms with E-state index in [-0.39, 0.29) is 25.0 Å². The molecule has 1 aliphatic rings. The van der Waals surface area contributed by atoms with Crippen LogP contribution in [-0.2, 0) is 4.79 Å². The van der Waals surface area contributed by atoms with E-state index >= 15 is 0 Å². The van der Waals surface area contributed by atoms with Crippen molar-refractivity contribution >= 4 is 11.9 Å². The lowest BCUT2D eigenvalue weighted by Gasteiger charge is -2.24. The Morgan fingerprint density at radius 3 is 2.31 bits per heavy atom. The lowest BCUT2D eigenvalue weighted by molar-refractivity contribution is -0.125. The third kappa shape index (κ3) is 2.18. The minimum Gasteiger partial charge on any atom is -0.324 e. The number of amides is 3. The normalized spacial score (nSPS) is 18.8. The summed E-state index contributed by atoms with van der Waals surface area (Å²) in [5.41, 5.74) is 5.19. The van der Waals surface area contributed by atoms with Crippen molar-refractivity contribution in [2.24, 2.45) is 5.73 Å². The molecule has 0 atom stereocenters.